The summed E-state index contributed by atoms with van der Waals surface area (Å²) in [7, 11) is 0. The number of rotatable bonds is 7. The molecule has 0 saturated heterocycles. The Kier molecular flexibility index (Phi) is 7.09. The predicted octanol–water partition coefficient (Wildman–Crippen LogP) is -3.23. The lowest BCUT2D eigenvalue weighted by atomic mass is 10.0. The van der Waals surface area contributed by atoms with E-state index in [2.05, 4.69) is 5.32 Å². The highest BCUT2D eigenvalue weighted by molar-refractivity contribution is 5.81. The van der Waals surface area contributed by atoms with Gasteiger partial charge in [0.15, 0.2) is 0 Å². The zero-order valence-corrected chi connectivity index (χ0v) is 8.98. The van der Waals surface area contributed by atoms with Gasteiger partial charge in [0.25, 0.3) is 0 Å². The van der Waals surface area contributed by atoms with E-state index >= 15 is 0 Å². The molecule has 0 aliphatic heterocycles. The number of hydrogen-bond acceptors (Lipinski definition) is 6. The van der Waals surface area contributed by atoms with Crippen LogP contribution < -0.4 is 5.32 Å². The van der Waals surface area contributed by atoms with E-state index in [9.17, 15) is 19.8 Å². The molecule has 0 aromatic heterocycles. The van der Waals surface area contributed by atoms with Crippen molar-refractivity contribution in [2.75, 3.05) is 6.61 Å². The van der Waals surface area contributed by atoms with Crippen molar-refractivity contribution in [2.24, 2.45) is 0 Å². The van der Waals surface area contributed by atoms with Crippen molar-refractivity contribution in [1.29, 1.82) is 0 Å². The minimum absolute atomic E-state index is 0.201. The summed E-state index contributed by atoms with van der Waals surface area (Å²) in [4.78, 5) is 21.7. The highest BCUT2D eigenvalue weighted by atomic mass is 16.4. The number of aliphatic hydroxyl groups is 4. The van der Waals surface area contributed by atoms with Gasteiger partial charge < -0.3 is 30.5 Å². The van der Waals surface area contributed by atoms with Gasteiger partial charge in [0.1, 0.15) is 30.6 Å². The summed E-state index contributed by atoms with van der Waals surface area (Å²) in [6.07, 6.45) is -0.329. The average Bonchev–Trinajstić information content (AvgIpc) is 2.33. The van der Waals surface area contributed by atoms with Gasteiger partial charge in [0.2, 0.25) is 5.91 Å². The molecule has 0 aliphatic rings. The van der Waals surface area contributed by atoms with Crippen molar-refractivity contribution in [2.45, 2.75) is 30.8 Å². The minimum atomic E-state index is -1.76. The molecule has 4 atom stereocenters. The van der Waals surface area contributed by atoms with E-state index in [0.29, 0.717) is 0 Å². The third kappa shape index (κ3) is 4.93. The number of terminal acetylenes is 1. The molecule has 96 valence electrons. The summed E-state index contributed by atoms with van der Waals surface area (Å²) in [6, 6.07) is -1.41. The first-order valence-corrected chi connectivity index (χ1v) is 4.81. The van der Waals surface area contributed by atoms with E-state index in [1.54, 1.807) is 0 Å². The molecule has 0 aromatic rings. The van der Waals surface area contributed by atoms with Crippen LogP contribution in [-0.2, 0) is 9.59 Å². The normalized spacial score (nSPS) is 17.4. The Bertz CT molecular complexity index is 300. The maximum Gasteiger partial charge on any atom is 0.232 e. The van der Waals surface area contributed by atoms with Gasteiger partial charge in [-0.05, 0) is 0 Å². The first-order chi connectivity index (χ1) is 7.97. The standard InChI is InChI=1S/C10H15NO6/c1-2-3-8(15)11-6(4-12)9(16)10(17)7(14)5-13/h1,4,6-7,9-10,13-14,16-17H,3,5H2,(H,11,15). The van der Waals surface area contributed by atoms with Crippen LogP contribution in [0.4, 0.5) is 0 Å². The van der Waals surface area contributed by atoms with Crippen molar-refractivity contribution in [3.05, 3.63) is 0 Å². The van der Waals surface area contributed by atoms with Crippen molar-refractivity contribution in [3.63, 3.8) is 0 Å². The third-order valence-corrected chi connectivity index (χ3v) is 2.04. The summed E-state index contributed by atoms with van der Waals surface area (Å²) >= 11 is 0. The second kappa shape index (κ2) is 7.76. The third-order valence-electron chi connectivity index (χ3n) is 2.04. The lowest BCUT2D eigenvalue weighted by Gasteiger charge is -2.25. The monoisotopic (exact) mass is 245 g/mol. The Balaban J connectivity index is 4.50. The van der Waals surface area contributed by atoms with Gasteiger partial charge in [-0.3, -0.25) is 4.79 Å². The predicted molar refractivity (Wildman–Crippen MR) is 56.6 cm³/mol. The van der Waals surface area contributed by atoms with Crippen LogP contribution in [0.3, 0.4) is 0 Å². The second-order valence-electron chi connectivity index (χ2n) is 3.34. The fraction of sp³-hybridized carbons (Fsp3) is 0.600. The van der Waals surface area contributed by atoms with E-state index in [1.165, 1.54) is 0 Å². The van der Waals surface area contributed by atoms with Crippen LogP contribution in [0.5, 0.6) is 0 Å². The number of carbonyl (C=O) groups is 2. The van der Waals surface area contributed by atoms with Gasteiger partial charge in [0, 0.05) is 0 Å². The van der Waals surface area contributed by atoms with Crippen LogP contribution >= 0.6 is 0 Å². The number of aldehydes is 1. The van der Waals surface area contributed by atoms with Gasteiger partial charge in [-0.1, -0.05) is 5.92 Å². The maximum absolute atomic E-state index is 11.1. The van der Waals surface area contributed by atoms with Crippen LogP contribution in [0.15, 0.2) is 0 Å². The molecule has 0 saturated carbocycles. The molecule has 0 spiro atoms. The first-order valence-electron chi connectivity index (χ1n) is 4.81. The number of amides is 1. The van der Waals surface area contributed by atoms with Gasteiger partial charge in [0.05, 0.1) is 13.0 Å². The van der Waals surface area contributed by atoms with Crippen LogP contribution in [0.2, 0.25) is 0 Å². The fourth-order valence-corrected chi connectivity index (χ4v) is 1.08. The molecule has 7 nitrogen and oxygen atoms in total. The molecule has 4 unspecified atom stereocenters. The second-order valence-corrected chi connectivity index (χ2v) is 3.34. The summed E-state index contributed by atoms with van der Waals surface area (Å²) in [5.74, 6) is 1.37. The van der Waals surface area contributed by atoms with Crippen molar-refractivity contribution in [1.82, 2.24) is 5.32 Å². The molecule has 0 radical (unpaired) electrons. The highest BCUT2D eigenvalue weighted by Crippen LogP contribution is 2.04. The van der Waals surface area contributed by atoms with E-state index in [-0.39, 0.29) is 12.7 Å². The quantitative estimate of drug-likeness (QED) is 0.237. The molecule has 0 fully saturated rings. The number of hydrogen-bond donors (Lipinski definition) is 5. The first kappa shape index (κ1) is 15.5. The van der Waals surface area contributed by atoms with Gasteiger partial charge in [-0.2, -0.15) is 0 Å². The van der Waals surface area contributed by atoms with Crippen molar-refractivity contribution < 1.29 is 30.0 Å². The topological polar surface area (TPSA) is 127 Å². The van der Waals surface area contributed by atoms with Crippen LogP contribution in [0, 0.1) is 12.3 Å². The van der Waals surface area contributed by atoms with E-state index < -0.39 is 36.9 Å². The van der Waals surface area contributed by atoms with Crippen LogP contribution in [-0.4, -0.2) is 63.6 Å². The van der Waals surface area contributed by atoms with Crippen molar-refractivity contribution in [3.8, 4) is 12.3 Å². The summed E-state index contributed by atoms with van der Waals surface area (Å²) in [5.41, 5.74) is 0. The summed E-state index contributed by atoms with van der Waals surface area (Å²) in [5, 5.41) is 38.5. The van der Waals surface area contributed by atoms with Crippen LogP contribution in [0.25, 0.3) is 0 Å². The van der Waals surface area contributed by atoms with E-state index in [1.807, 2.05) is 5.92 Å². The summed E-state index contributed by atoms with van der Waals surface area (Å²) < 4.78 is 0. The van der Waals surface area contributed by atoms with Crippen molar-refractivity contribution >= 4 is 12.2 Å². The van der Waals surface area contributed by atoms with Crippen LogP contribution in [0.1, 0.15) is 6.42 Å². The lowest BCUT2D eigenvalue weighted by Crippen LogP contribution is -2.53. The minimum Gasteiger partial charge on any atom is -0.394 e. The van der Waals surface area contributed by atoms with Gasteiger partial charge >= 0.3 is 0 Å². The number of nitrogens with one attached hydrogen (secondary N) is 1. The molecule has 0 rings (SSSR count). The molecule has 5 N–H and O–H groups in total. The lowest BCUT2D eigenvalue weighted by molar-refractivity contribution is -0.130. The van der Waals surface area contributed by atoms with E-state index in [4.69, 9.17) is 16.6 Å². The molecule has 0 aromatic carbocycles. The molecule has 17 heavy (non-hydrogen) atoms. The molecule has 1 amide bonds. The molecular formula is C10H15NO6. The number of aliphatic hydroxyl groups excluding tert-OH is 4. The number of carbonyl (C=O) groups excluding carboxylic acids is 2. The van der Waals surface area contributed by atoms with E-state index in [0.717, 1.165) is 0 Å². The Morgan fingerprint density at radius 3 is 2.35 bits per heavy atom. The highest BCUT2D eigenvalue weighted by Gasteiger charge is 2.31. The Labute approximate surface area is 98.1 Å². The smallest absolute Gasteiger partial charge is 0.232 e. The average molecular weight is 245 g/mol. The Morgan fingerprint density at radius 1 is 1.35 bits per heavy atom. The molecule has 7 heteroatoms. The maximum atomic E-state index is 11.1. The largest absolute Gasteiger partial charge is 0.394 e. The summed E-state index contributed by atoms with van der Waals surface area (Å²) in [6.45, 7) is -0.790. The Morgan fingerprint density at radius 2 is 1.94 bits per heavy atom. The Hall–Kier alpha value is -1.46. The fourth-order valence-electron chi connectivity index (χ4n) is 1.08. The molecule has 0 heterocycles. The molecular weight excluding hydrogens is 230 g/mol. The SMILES string of the molecule is C#CCC(=O)NC(C=O)C(O)C(O)C(O)CO. The zero-order chi connectivity index (χ0) is 13.4. The molecule has 0 aliphatic carbocycles. The molecule has 0 bridgehead atoms. The van der Waals surface area contributed by atoms with Gasteiger partial charge in [-0.15, -0.1) is 6.42 Å². The zero-order valence-electron chi connectivity index (χ0n) is 8.98. The van der Waals surface area contributed by atoms with Gasteiger partial charge in [-0.25, -0.2) is 0 Å².